The molecule has 60 heavy (non-hydrogen) atoms. The summed E-state index contributed by atoms with van der Waals surface area (Å²) in [5.41, 5.74) is 11.2. The van der Waals surface area contributed by atoms with Crippen LogP contribution in [0.3, 0.4) is 0 Å². The van der Waals surface area contributed by atoms with Crippen molar-refractivity contribution in [2.24, 2.45) is 0 Å². The van der Waals surface area contributed by atoms with Gasteiger partial charge in [-0.25, -0.2) is 15.0 Å². The smallest absolute Gasteiger partial charge is 0.164 e. The van der Waals surface area contributed by atoms with Crippen LogP contribution in [0.5, 0.6) is 0 Å². The van der Waals surface area contributed by atoms with Crippen LogP contribution < -0.4 is 0 Å². The Bertz CT molecular complexity index is 3450. The Labute approximate surface area is 349 Å². The van der Waals surface area contributed by atoms with Crippen molar-refractivity contribution < 1.29 is 4.42 Å². The number of fused-ring (bicyclic) bond motifs is 7. The van der Waals surface area contributed by atoms with E-state index in [0.29, 0.717) is 17.5 Å². The van der Waals surface area contributed by atoms with E-state index in [1.54, 1.807) is 0 Å². The number of aromatic nitrogens is 3. The standard InChI is InChI=1S/C55H33N3OS/c1-2-12-34(13-3-1)41-28-29-48(43-19-5-4-18-42(41)43)55-57-53(39-16-10-14-35(30-39)37-24-26-45-44-20-6-8-22-49(44)59-50(45)32-37)56-54(58-55)40-17-11-15-36(31-40)38-25-27-47-46-21-7-9-23-51(46)60-52(47)33-38/h1-33H. The number of hydrogen-bond acceptors (Lipinski definition) is 5. The van der Waals surface area contributed by atoms with Gasteiger partial charge in [-0.3, -0.25) is 0 Å². The molecule has 280 valence electrons. The minimum atomic E-state index is 0.606. The van der Waals surface area contributed by atoms with Gasteiger partial charge in [-0.05, 0) is 92.7 Å². The molecule has 0 atom stereocenters. The summed E-state index contributed by atoms with van der Waals surface area (Å²) in [6.45, 7) is 0. The van der Waals surface area contributed by atoms with Crippen molar-refractivity contribution in [2.45, 2.75) is 0 Å². The normalized spacial score (nSPS) is 11.7. The largest absolute Gasteiger partial charge is 0.456 e. The summed E-state index contributed by atoms with van der Waals surface area (Å²) < 4.78 is 8.85. The van der Waals surface area contributed by atoms with Gasteiger partial charge in [0.15, 0.2) is 17.5 Å². The van der Waals surface area contributed by atoms with Crippen molar-refractivity contribution in [1.29, 1.82) is 0 Å². The van der Waals surface area contributed by atoms with E-state index >= 15 is 0 Å². The maximum absolute atomic E-state index is 6.27. The van der Waals surface area contributed by atoms with E-state index in [1.807, 2.05) is 29.5 Å². The lowest BCUT2D eigenvalue weighted by molar-refractivity contribution is 0.669. The molecule has 0 N–H and O–H groups in total. The van der Waals surface area contributed by atoms with Crippen LogP contribution in [0.4, 0.5) is 0 Å². The first-order valence-electron chi connectivity index (χ1n) is 20.1. The number of hydrogen-bond donors (Lipinski definition) is 0. The zero-order valence-corrected chi connectivity index (χ0v) is 33.0. The fourth-order valence-corrected chi connectivity index (χ4v) is 9.75. The fraction of sp³-hybridized carbons (Fsp3) is 0. The zero-order chi connectivity index (χ0) is 39.6. The summed E-state index contributed by atoms with van der Waals surface area (Å²) >= 11 is 1.83. The summed E-state index contributed by atoms with van der Waals surface area (Å²) in [5.74, 6) is 1.84. The zero-order valence-electron chi connectivity index (χ0n) is 32.2. The van der Waals surface area contributed by atoms with Crippen molar-refractivity contribution in [1.82, 2.24) is 15.0 Å². The molecule has 0 radical (unpaired) electrons. The van der Waals surface area contributed by atoms with Gasteiger partial charge in [0.05, 0.1) is 0 Å². The molecule has 0 saturated heterocycles. The van der Waals surface area contributed by atoms with Gasteiger partial charge in [0, 0.05) is 47.6 Å². The van der Waals surface area contributed by atoms with Crippen molar-refractivity contribution in [3.8, 4) is 67.5 Å². The molecule has 4 nitrogen and oxygen atoms in total. The maximum atomic E-state index is 6.27. The summed E-state index contributed by atoms with van der Waals surface area (Å²) in [6.07, 6.45) is 0. The summed E-state index contributed by atoms with van der Waals surface area (Å²) in [6, 6.07) is 70.4. The molecule has 12 aromatic rings. The van der Waals surface area contributed by atoms with Crippen LogP contribution in [0.25, 0.3) is 120 Å². The van der Waals surface area contributed by atoms with E-state index in [0.717, 1.165) is 71.7 Å². The van der Waals surface area contributed by atoms with Crippen LogP contribution in [-0.2, 0) is 0 Å². The van der Waals surface area contributed by atoms with Crippen molar-refractivity contribution in [2.75, 3.05) is 0 Å². The van der Waals surface area contributed by atoms with Gasteiger partial charge in [0.25, 0.3) is 0 Å². The highest BCUT2D eigenvalue weighted by atomic mass is 32.1. The molecule has 3 heterocycles. The summed E-state index contributed by atoms with van der Waals surface area (Å²) in [5, 5.41) is 7.03. The minimum absolute atomic E-state index is 0.606. The van der Waals surface area contributed by atoms with Gasteiger partial charge in [-0.1, -0.05) is 152 Å². The molecule has 0 aliphatic rings. The van der Waals surface area contributed by atoms with Crippen molar-refractivity contribution >= 4 is 64.2 Å². The molecule has 0 spiro atoms. The second kappa shape index (κ2) is 14.0. The molecule has 9 aromatic carbocycles. The van der Waals surface area contributed by atoms with E-state index < -0.39 is 0 Å². The second-order valence-electron chi connectivity index (χ2n) is 15.2. The number of rotatable bonds is 6. The predicted molar refractivity (Wildman–Crippen MR) is 250 cm³/mol. The molecule has 0 amide bonds. The molecule has 0 saturated carbocycles. The number of benzene rings is 9. The van der Waals surface area contributed by atoms with Crippen molar-refractivity contribution in [3.05, 3.63) is 200 Å². The predicted octanol–water partition coefficient (Wildman–Crippen LogP) is 15.3. The lowest BCUT2D eigenvalue weighted by Gasteiger charge is -2.14. The molecule has 0 unspecified atom stereocenters. The molecule has 0 bridgehead atoms. The first-order chi connectivity index (χ1) is 29.7. The van der Waals surface area contributed by atoms with Gasteiger partial charge in [-0.15, -0.1) is 11.3 Å². The first-order valence-corrected chi connectivity index (χ1v) is 20.9. The van der Waals surface area contributed by atoms with Gasteiger partial charge < -0.3 is 4.42 Å². The fourth-order valence-electron chi connectivity index (χ4n) is 8.60. The lowest BCUT2D eigenvalue weighted by Crippen LogP contribution is -2.01. The van der Waals surface area contributed by atoms with Gasteiger partial charge in [-0.2, -0.15) is 0 Å². The number of thiophene rings is 1. The third-order valence-electron chi connectivity index (χ3n) is 11.6. The summed E-state index contributed by atoms with van der Waals surface area (Å²) in [7, 11) is 0. The topological polar surface area (TPSA) is 51.8 Å². The maximum Gasteiger partial charge on any atom is 0.164 e. The number of furan rings is 1. The highest BCUT2D eigenvalue weighted by Gasteiger charge is 2.18. The second-order valence-corrected chi connectivity index (χ2v) is 16.2. The number of para-hydroxylation sites is 1. The molecular formula is C55H33N3OS. The van der Waals surface area contributed by atoms with Crippen LogP contribution in [0, 0.1) is 0 Å². The Morgan fingerprint density at radius 1 is 0.283 bits per heavy atom. The van der Waals surface area contributed by atoms with E-state index in [9.17, 15) is 0 Å². The Morgan fingerprint density at radius 3 is 1.53 bits per heavy atom. The minimum Gasteiger partial charge on any atom is -0.456 e. The Kier molecular flexibility index (Phi) is 8.00. The van der Waals surface area contributed by atoms with E-state index in [2.05, 4.69) is 182 Å². The monoisotopic (exact) mass is 783 g/mol. The molecule has 3 aromatic heterocycles. The molecule has 5 heteroatoms. The average Bonchev–Trinajstić information content (AvgIpc) is 3.89. The highest BCUT2D eigenvalue weighted by molar-refractivity contribution is 7.25. The lowest BCUT2D eigenvalue weighted by atomic mass is 9.94. The van der Waals surface area contributed by atoms with Crippen molar-refractivity contribution in [3.63, 3.8) is 0 Å². The Hall–Kier alpha value is -7.73. The van der Waals surface area contributed by atoms with E-state index in [1.165, 1.54) is 31.3 Å². The Morgan fingerprint density at radius 2 is 0.783 bits per heavy atom. The molecule has 0 aliphatic carbocycles. The van der Waals surface area contributed by atoms with Crippen LogP contribution >= 0.6 is 11.3 Å². The third-order valence-corrected chi connectivity index (χ3v) is 12.7. The average molecular weight is 784 g/mol. The number of nitrogens with zero attached hydrogens (tertiary/aromatic N) is 3. The Balaban J connectivity index is 1.01. The van der Waals surface area contributed by atoms with E-state index in [-0.39, 0.29) is 0 Å². The van der Waals surface area contributed by atoms with E-state index in [4.69, 9.17) is 19.4 Å². The molecule has 0 fully saturated rings. The molecule has 0 aliphatic heterocycles. The molecular weight excluding hydrogens is 751 g/mol. The summed E-state index contributed by atoms with van der Waals surface area (Å²) in [4.78, 5) is 15.8. The van der Waals surface area contributed by atoms with Crippen LogP contribution in [0.2, 0.25) is 0 Å². The van der Waals surface area contributed by atoms with Gasteiger partial charge in [0.2, 0.25) is 0 Å². The first kappa shape index (κ1) is 34.3. The van der Waals surface area contributed by atoms with Gasteiger partial charge >= 0.3 is 0 Å². The van der Waals surface area contributed by atoms with Crippen LogP contribution in [-0.4, -0.2) is 15.0 Å². The third kappa shape index (κ3) is 5.86. The molecule has 12 rings (SSSR count). The highest BCUT2D eigenvalue weighted by Crippen LogP contribution is 2.39. The SMILES string of the molecule is c1ccc(-c2ccc(-c3nc(-c4cccc(-c5ccc6c(c5)oc5ccccc56)c4)nc(-c4cccc(-c5ccc6c(c5)sc5ccccc56)c4)n3)c3ccccc23)cc1. The van der Waals surface area contributed by atoms with Crippen LogP contribution in [0.15, 0.2) is 205 Å². The van der Waals surface area contributed by atoms with Gasteiger partial charge in [0.1, 0.15) is 11.2 Å². The quantitative estimate of drug-likeness (QED) is 0.169. The van der Waals surface area contributed by atoms with Crippen LogP contribution in [0.1, 0.15) is 0 Å².